The Morgan fingerprint density at radius 2 is 2.09 bits per heavy atom. The summed E-state index contributed by atoms with van der Waals surface area (Å²) in [5.41, 5.74) is 5.48. The highest BCUT2D eigenvalue weighted by Gasteiger charge is 2.16. The molecule has 1 aliphatic rings. The van der Waals surface area contributed by atoms with Crippen LogP contribution in [0.15, 0.2) is 0 Å². The second kappa shape index (κ2) is 5.01. The first-order chi connectivity index (χ1) is 5.36. The first-order valence-corrected chi connectivity index (χ1v) is 5.61. The van der Waals surface area contributed by atoms with E-state index in [-0.39, 0.29) is 0 Å². The number of thioether (sulfide) groups is 1. The molecule has 66 valence electrons. The van der Waals surface area contributed by atoms with Gasteiger partial charge in [-0.3, -0.25) is 0 Å². The summed E-state index contributed by atoms with van der Waals surface area (Å²) in [7, 11) is 0. The highest BCUT2D eigenvalue weighted by molar-refractivity contribution is 7.99. The predicted octanol–water partition coefficient (Wildman–Crippen LogP) is 0.773. The van der Waals surface area contributed by atoms with Crippen LogP contribution in [-0.2, 0) is 0 Å². The van der Waals surface area contributed by atoms with Crippen molar-refractivity contribution in [1.82, 2.24) is 4.90 Å². The zero-order valence-electron chi connectivity index (χ0n) is 7.25. The van der Waals surface area contributed by atoms with Crippen molar-refractivity contribution in [2.45, 2.75) is 18.1 Å². The van der Waals surface area contributed by atoms with Gasteiger partial charge in [0.1, 0.15) is 0 Å². The van der Waals surface area contributed by atoms with Gasteiger partial charge in [0, 0.05) is 18.3 Å². The molecule has 0 bridgehead atoms. The summed E-state index contributed by atoms with van der Waals surface area (Å²) >= 11 is 2.01. The fourth-order valence-electron chi connectivity index (χ4n) is 1.55. The standard InChI is InChI=1S/C8H18N2S/c1-11-8-2-5-10(6-3-8)7-4-9/h8H,2-7,9H2,1H3. The number of nitrogens with two attached hydrogens (primary N) is 1. The van der Waals surface area contributed by atoms with Crippen molar-refractivity contribution in [3.63, 3.8) is 0 Å². The van der Waals surface area contributed by atoms with Gasteiger partial charge in [0.25, 0.3) is 0 Å². The highest BCUT2D eigenvalue weighted by atomic mass is 32.2. The molecule has 0 spiro atoms. The van der Waals surface area contributed by atoms with Gasteiger partial charge in [0.05, 0.1) is 0 Å². The summed E-state index contributed by atoms with van der Waals surface area (Å²) in [4.78, 5) is 2.46. The molecule has 0 aromatic carbocycles. The Hall–Kier alpha value is 0.270. The van der Waals surface area contributed by atoms with Crippen molar-refractivity contribution in [2.24, 2.45) is 5.73 Å². The Morgan fingerprint density at radius 3 is 2.55 bits per heavy atom. The number of nitrogens with zero attached hydrogens (tertiary/aromatic N) is 1. The van der Waals surface area contributed by atoms with E-state index in [0.29, 0.717) is 0 Å². The van der Waals surface area contributed by atoms with Gasteiger partial charge in [0.15, 0.2) is 0 Å². The van der Waals surface area contributed by atoms with Gasteiger partial charge in [-0.15, -0.1) is 0 Å². The minimum atomic E-state index is 0.809. The lowest BCUT2D eigenvalue weighted by Crippen LogP contribution is -2.37. The van der Waals surface area contributed by atoms with Gasteiger partial charge in [-0.25, -0.2) is 0 Å². The molecular formula is C8H18N2S. The Balaban J connectivity index is 2.14. The number of rotatable bonds is 3. The normalized spacial score (nSPS) is 22.4. The van der Waals surface area contributed by atoms with Crippen molar-refractivity contribution >= 4 is 11.8 Å². The number of hydrogen-bond acceptors (Lipinski definition) is 3. The zero-order valence-corrected chi connectivity index (χ0v) is 8.07. The van der Waals surface area contributed by atoms with Gasteiger partial charge >= 0.3 is 0 Å². The molecule has 1 aliphatic heterocycles. The van der Waals surface area contributed by atoms with E-state index < -0.39 is 0 Å². The minimum absolute atomic E-state index is 0.809. The van der Waals surface area contributed by atoms with Gasteiger partial charge in [-0.1, -0.05) is 0 Å². The molecule has 0 aliphatic carbocycles. The predicted molar refractivity (Wildman–Crippen MR) is 52.0 cm³/mol. The van der Waals surface area contributed by atoms with Crippen molar-refractivity contribution in [1.29, 1.82) is 0 Å². The number of piperidine rings is 1. The SMILES string of the molecule is CSC1CCN(CCN)CC1. The zero-order chi connectivity index (χ0) is 8.10. The number of likely N-dealkylation sites (tertiary alicyclic amines) is 1. The van der Waals surface area contributed by atoms with Crippen LogP contribution in [0.3, 0.4) is 0 Å². The van der Waals surface area contributed by atoms with E-state index in [9.17, 15) is 0 Å². The summed E-state index contributed by atoms with van der Waals surface area (Å²) in [6.45, 7) is 4.40. The second-order valence-corrected chi connectivity index (χ2v) is 4.20. The number of hydrogen-bond donors (Lipinski definition) is 1. The van der Waals surface area contributed by atoms with E-state index in [2.05, 4.69) is 11.2 Å². The Morgan fingerprint density at radius 1 is 1.45 bits per heavy atom. The van der Waals surface area contributed by atoms with Gasteiger partial charge in [-0.05, 0) is 32.2 Å². The molecule has 2 N–H and O–H groups in total. The fraction of sp³-hybridized carbons (Fsp3) is 1.00. The molecule has 1 fully saturated rings. The van der Waals surface area contributed by atoms with Crippen LogP contribution in [0.1, 0.15) is 12.8 Å². The molecule has 2 nitrogen and oxygen atoms in total. The fourth-order valence-corrected chi connectivity index (χ4v) is 2.23. The smallest absolute Gasteiger partial charge is 0.0105 e. The van der Waals surface area contributed by atoms with Crippen LogP contribution >= 0.6 is 11.8 Å². The lowest BCUT2D eigenvalue weighted by Gasteiger charge is -2.30. The van der Waals surface area contributed by atoms with Crippen LogP contribution in [-0.4, -0.2) is 42.6 Å². The van der Waals surface area contributed by atoms with Crippen LogP contribution in [0, 0.1) is 0 Å². The lowest BCUT2D eigenvalue weighted by molar-refractivity contribution is 0.239. The van der Waals surface area contributed by atoms with E-state index in [4.69, 9.17) is 5.73 Å². The summed E-state index contributed by atoms with van der Waals surface area (Å²) in [5, 5.41) is 0.907. The topological polar surface area (TPSA) is 29.3 Å². The molecule has 0 radical (unpaired) electrons. The summed E-state index contributed by atoms with van der Waals surface area (Å²) < 4.78 is 0. The minimum Gasteiger partial charge on any atom is -0.329 e. The van der Waals surface area contributed by atoms with Gasteiger partial charge < -0.3 is 10.6 Å². The molecule has 1 saturated heterocycles. The van der Waals surface area contributed by atoms with E-state index >= 15 is 0 Å². The maximum atomic E-state index is 5.48. The van der Waals surface area contributed by atoms with Crippen molar-refractivity contribution in [3.8, 4) is 0 Å². The summed E-state index contributed by atoms with van der Waals surface area (Å²) in [6.07, 6.45) is 4.91. The monoisotopic (exact) mass is 174 g/mol. The van der Waals surface area contributed by atoms with Crippen molar-refractivity contribution in [3.05, 3.63) is 0 Å². The quantitative estimate of drug-likeness (QED) is 0.685. The molecule has 0 aromatic rings. The molecule has 1 rings (SSSR count). The van der Waals surface area contributed by atoms with Crippen LogP contribution in [0.4, 0.5) is 0 Å². The third-order valence-corrected chi connectivity index (χ3v) is 3.45. The lowest BCUT2D eigenvalue weighted by atomic mass is 10.1. The third-order valence-electron chi connectivity index (χ3n) is 2.31. The Kier molecular flexibility index (Phi) is 4.26. The van der Waals surface area contributed by atoms with Gasteiger partial charge in [-0.2, -0.15) is 11.8 Å². The van der Waals surface area contributed by atoms with E-state index in [0.717, 1.165) is 18.3 Å². The first-order valence-electron chi connectivity index (χ1n) is 4.32. The third kappa shape index (κ3) is 3.01. The second-order valence-electron chi connectivity index (χ2n) is 3.07. The molecule has 3 heteroatoms. The van der Waals surface area contributed by atoms with Crippen molar-refractivity contribution < 1.29 is 0 Å². The average molecular weight is 174 g/mol. The largest absolute Gasteiger partial charge is 0.329 e. The maximum Gasteiger partial charge on any atom is 0.0105 e. The molecule has 0 amide bonds. The van der Waals surface area contributed by atoms with E-state index in [1.165, 1.54) is 25.9 Å². The highest BCUT2D eigenvalue weighted by Crippen LogP contribution is 2.20. The molecule has 0 saturated carbocycles. The first kappa shape index (κ1) is 9.36. The van der Waals surface area contributed by atoms with Crippen LogP contribution < -0.4 is 5.73 Å². The van der Waals surface area contributed by atoms with Crippen LogP contribution in [0.5, 0.6) is 0 Å². The van der Waals surface area contributed by atoms with Crippen LogP contribution in [0.25, 0.3) is 0 Å². The van der Waals surface area contributed by atoms with E-state index in [1.807, 2.05) is 11.8 Å². The van der Waals surface area contributed by atoms with Crippen LogP contribution in [0.2, 0.25) is 0 Å². The molecule has 0 unspecified atom stereocenters. The Bertz CT molecular complexity index is 100. The average Bonchev–Trinajstić information content (AvgIpc) is 2.07. The molecular weight excluding hydrogens is 156 g/mol. The van der Waals surface area contributed by atoms with Crippen molar-refractivity contribution in [2.75, 3.05) is 32.4 Å². The molecule has 11 heavy (non-hydrogen) atoms. The molecule has 1 heterocycles. The van der Waals surface area contributed by atoms with Gasteiger partial charge in [0.2, 0.25) is 0 Å². The summed E-state index contributed by atoms with van der Waals surface area (Å²) in [5.74, 6) is 0. The molecule has 0 atom stereocenters. The maximum absolute atomic E-state index is 5.48. The Labute approximate surface area is 73.5 Å². The van der Waals surface area contributed by atoms with E-state index in [1.54, 1.807) is 0 Å². The molecule has 0 aromatic heterocycles. The summed E-state index contributed by atoms with van der Waals surface area (Å²) in [6, 6.07) is 0.